The zero-order chi connectivity index (χ0) is 27.3. The van der Waals surface area contributed by atoms with Gasteiger partial charge in [0.1, 0.15) is 6.61 Å². The lowest BCUT2D eigenvalue weighted by Crippen LogP contribution is -2.05. The van der Waals surface area contributed by atoms with Crippen LogP contribution >= 0.6 is 11.3 Å². The first-order chi connectivity index (χ1) is 19.7. The predicted molar refractivity (Wildman–Crippen MR) is 170 cm³/mol. The molecule has 6 aromatic rings. The molecule has 0 aliphatic rings. The summed E-state index contributed by atoms with van der Waals surface area (Å²) in [6.45, 7) is 2.58. The number of rotatable bonds is 12. The summed E-state index contributed by atoms with van der Waals surface area (Å²) in [7, 11) is 0. The monoisotopic (exact) mass is 544 g/mol. The summed E-state index contributed by atoms with van der Waals surface area (Å²) in [5.74, 6) is -0.131. The lowest BCUT2D eigenvalue weighted by atomic mass is 9.90. The van der Waals surface area contributed by atoms with Crippen LogP contribution in [0.3, 0.4) is 0 Å². The number of aryl methyl sites for hydroxylation is 2. The van der Waals surface area contributed by atoms with E-state index in [-0.39, 0.29) is 5.97 Å². The van der Waals surface area contributed by atoms with Crippen LogP contribution in [0.1, 0.15) is 62.1 Å². The highest BCUT2D eigenvalue weighted by molar-refractivity contribution is 7.08. The first-order valence-electron chi connectivity index (χ1n) is 14.7. The predicted octanol–water partition coefficient (Wildman–Crippen LogP) is 10.5. The molecule has 1 aromatic heterocycles. The van der Waals surface area contributed by atoms with E-state index in [2.05, 4.69) is 96.5 Å². The number of esters is 1. The largest absolute Gasteiger partial charge is 0.461 e. The lowest BCUT2D eigenvalue weighted by molar-refractivity contribution is -0.145. The Morgan fingerprint density at radius 2 is 1.43 bits per heavy atom. The van der Waals surface area contributed by atoms with E-state index in [0.717, 1.165) is 24.8 Å². The van der Waals surface area contributed by atoms with E-state index in [1.165, 1.54) is 80.3 Å². The Bertz CT molecular complexity index is 1710. The zero-order valence-electron chi connectivity index (χ0n) is 23.2. The molecule has 0 unspecified atom stereocenters. The van der Waals surface area contributed by atoms with Crippen molar-refractivity contribution in [1.29, 1.82) is 0 Å². The van der Waals surface area contributed by atoms with Crippen LogP contribution in [0.4, 0.5) is 0 Å². The first-order valence-corrected chi connectivity index (χ1v) is 15.6. The molecule has 0 radical (unpaired) electrons. The minimum absolute atomic E-state index is 0.131. The zero-order valence-corrected chi connectivity index (χ0v) is 24.1. The van der Waals surface area contributed by atoms with Crippen molar-refractivity contribution in [3.8, 4) is 11.1 Å². The molecule has 202 valence electrons. The molecule has 6 rings (SSSR count). The molecule has 5 aromatic carbocycles. The highest BCUT2D eigenvalue weighted by atomic mass is 32.1. The number of benzene rings is 5. The number of unbranched alkanes of at least 4 members (excludes halogenated alkanes) is 3. The quantitative estimate of drug-likeness (QED) is 0.0870. The van der Waals surface area contributed by atoms with Crippen LogP contribution in [0, 0.1) is 0 Å². The first kappa shape index (κ1) is 26.5. The fourth-order valence-corrected chi connectivity index (χ4v) is 6.87. The number of thiophene rings is 1. The Hall–Kier alpha value is -3.69. The van der Waals surface area contributed by atoms with Gasteiger partial charge in [-0.3, -0.25) is 4.79 Å². The summed E-state index contributed by atoms with van der Waals surface area (Å²) in [5.41, 5.74) is 6.37. The van der Waals surface area contributed by atoms with Gasteiger partial charge >= 0.3 is 5.97 Å². The Labute approximate surface area is 240 Å². The lowest BCUT2D eigenvalue weighted by Gasteiger charge is -2.14. The summed E-state index contributed by atoms with van der Waals surface area (Å²) in [6.07, 6.45) is 8.34. The maximum absolute atomic E-state index is 12.6. The molecule has 0 saturated carbocycles. The van der Waals surface area contributed by atoms with E-state index in [0.29, 0.717) is 13.0 Å². The normalized spacial score (nSPS) is 11.6. The molecule has 0 saturated heterocycles. The van der Waals surface area contributed by atoms with Crippen molar-refractivity contribution in [3.63, 3.8) is 0 Å². The van der Waals surface area contributed by atoms with Crippen molar-refractivity contribution in [1.82, 2.24) is 0 Å². The van der Waals surface area contributed by atoms with E-state index in [9.17, 15) is 4.79 Å². The van der Waals surface area contributed by atoms with Gasteiger partial charge in [-0.25, -0.2) is 0 Å². The third-order valence-corrected chi connectivity index (χ3v) is 8.94. The van der Waals surface area contributed by atoms with Crippen molar-refractivity contribution < 1.29 is 9.53 Å². The highest BCUT2D eigenvalue weighted by Gasteiger charge is 2.12. The van der Waals surface area contributed by atoms with Crippen LogP contribution in [0.2, 0.25) is 0 Å². The van der Waals surface area contributed by atoms with Crippen LogP contribution in [0.15, 0.2) is 89.6 Å². The third-order valence-electron chi connectivity index (χ3n) is 8.15. The van der Waals surface area contributed by atoms with Crippen molar-refractivity contribution >= 4 is 49.6 Å². The standard InChI is InChI=1S/C37H36O2S/c1-2-3-4-5-8-32-24-40-25-34(32)28-15-13-26(14-16-28)23-39-35(38)12-7-9-27-17-18-31-20-19-29-10-6-11-30-21-22-33(27)37(31)36(29)30/h6,10-11,13-22,24-25H,2-5,7-9,12,23H2,1H3. The molecule has 1 heterocycles. The molecule has 0 N–H and O–H groups in total. The number of hydrogen-bond acceptors (Lipinski definition) is 3. The number of ether oxygens (including phenoxy) is 1. The highest BCUT2D eigenvalue weighted by Crippen LogP contribution is 2.36. The van der Waals surface area contributed by atoms with E-state index in [4.69, 9.17) is 4.74 Å². The minimum atomic E-state index is -0.131. The van der Waals surface area contributed by atoms with E-state index < -0.39 is 0 Å². The molecule has 2 nitrogen and oxygen atoms in total. The van der Waals surface area contributed by atoms with Gasteiger partial charge in [0, 0.05) is 6.42 Å². The molecule has 3 heteroatoms. The van der Waals surface area contributed by atoms with Crippen LogP contribution in [-0.4, -0.2) is 5.97 Å². The summed E-state index contributed by atoms with van der Waals surface area (Å²) in [5, 5.41) is 12.4. The number of carbonyl (C=O) groups excluding carboxylic acids is 1. The van der Waals surface area contributed by atoms with Gasteiger partial charge in [-0.1, -0.05) is 105 Å². The molecule has 0 atom stereocenters. The molecular weight excluding hydrogens is 508 g/mol. The molecule has 0 amide bonds. The third kappa shape index (κ3) is 5.62. The summed E-state index contributed by atoms with van der Waals surface area (Å²) >= 11 is 1.78. The number of carbonyl (C=O) groups is 1. The molecule has 0 bridgehead atoms. The Morgan fingerprint density at radius 1 is 0.700 bits per heavy atom. The van der Waals surface area contributed by atoms with Gasteiger partial charge in [0.05, 0.1) is 0 Å². The van der Waals surface area contributed by atoms with Gasteiger partial charge in [-0.2, -0.15) is 11.3 Å². The molecule has 40 heavy (non-hydrogen) atoms. The van der Waals surface area contributed by atoms with Crippen molar-refractivity contribution in [2.45, 2.75) is 64.9 Å². The average Bonchev–Trinajstić information content (AvgIpc) is 3.46. The van der Waals surface area contributed by atoms with Gasteiger partial charge in [0.15, 0.2) is 0 Å². The van der Waals surface area contributed by atoms with Crippen LogP contribution in [0.25, 0.3) is 43.4 Å². The van der Waals surface area contributed by atoms with E-state index >= 15 is 0 Å². The summed E-state index contributed by atoms with van der Waals surface area (Å²) in [4.78, 5) is 12.6. The Kier molecular flexibility index (Phi) is 8.11. The van der Waals surface area contributed by atoms with Gasteiger partial charge in [-0.05, 0) is 96.6 Å². The maximum atomic E-state index is 12.6. The second kappa shape index (κ2) is 12.2. The molecule has 0 aliphatic heterocycles. The average molecular weight is 545 g/mol. The second-order valence-corrected chi connectivity index (χ2v) is 11.7. The van der Waals surface area contributed by atoms with Crippen LogP contribution in [0.5, 0.6) is 0 Å². The van der Waals surface area contributed by atoms with Crippen molar-refractivity contribution in [2.75, 3.05) is 0 Å². The van der Waals surface area contributed by atoms with E-state index in [1.54, 1.807) is 11.3 Å². The topological polar surface area (TPSA) is 26.3 Å². The van der Waals surface area contributed by atoms with Crippen LogP contribution < -0.4 is 0 Å². The molecule has 0 spiro atoms. The summed E-state index contributed by atoms with van der Waals surface area (Å²) in [6, 6.07) is 28.3. The van der Waals surface area contributed by atoms with E-state index in [1.807, 2.05) is 0 Å². The van der Waals surface area contributed by atoms with Gasteiger partial charge in [-0.15, -0.1) is 0 Å². The minimum Gasteiger partial charge on any atom is -0.461 e. The molecule has 0 fully saturated rings. The fourth-order valence-electron chi connectivity index (χ4n) is 5.97. The second-order valence-electron chi connectivity index (χ2n) is 10.9. The SMILES string of the molecule is CCCCCCc1cscc1-c1ccc(COC(=O)CCCc2ccc3ccc4cccc5ccc2c3c45)cc1. The smallest absolute Gasteiger partial charge is 0.306 e. The Morgan fingerprint density at radius 3 is 2.23 bits per heavy atom. The molecular formula is C37H36O2S. The van der Waals surface area contributed by atoms with Gasteiger partial charge in [0.25, 0.3) is 0 Å². The number of hydrogen-bond donors (Lipinski definition) is 0. The van der Waals surface area contributed by atoms with Crippen molar-refractivity contribution in [2.24, 2.45) is 0 Å². The molecule has 0 aliphatic carbocycles. The van der Waals surface area contributed by atoms with Gasteiger partial charge < -0.3 is 4.74 Å². The summed E-state index contributed by atoms with van der Waals surface area (Å²) < 4.78 is 5.64. The maximum Gasteiger partial charge on any atom is 0.306 e. The Balaban J connectivity index is 1.03. The fraction of sp³-hybridized carbons (Fsp3) is 0.270. The van der Waals surface area contributed by atoms with Gasteiger partial charge in [0.2, 0.25) is 0 Å². The van der Waals surface area contributed by atoms with Crippen molar-refractivity contribution in [3.05, 3.63) is 106 Å². The van der Waals surface area contributed by atoms with Crippen LogP contribution in [-0.2, 0) is 29.0 Å².